The summed E-state index contributed by atoms with van der Waals surface area (Å²) in [4.78, 5) is 20.9. The molecule has 0 bridgehead atoms. The van der Waals surface area contributed by atoms with Crippen LogP contribution in [-0.2, 0) is 6.42 Å². The second-order valence-corrected chi connectivity index (χ2v) is 4.95. The zero-order valence-corrected chi connectivity index (χ0v) is 9.15. The van der Waals surface area contributed by atoms with E-state index in [1.165, 1.54) is 0 Å². The van der Waals surface area contributed by atoms with Gasteiger partial charge in [0.2, 0.25) is 0 Å². The van der Waals surface area contributed by atoms with Crippen LogP contribution in [0.2, 0.25) is 0 Å². The van der Waals surface area contributed by atoms with E-state index in [-0.39, 0.29) is 11.6 Å². The first kappa shape index (κ1) is 9.06. The van der Waals surface area contributed by atoms with Crippen molar-refractivity contribution in [1.29, 1.82) is 0 Å². The molecule has 1 aliphatic carbocycles. The highest BCUT2D eigenvalue weighted by Gasteiger charge is 2.26. The molecular weight excluding hydrogens is 210 g/mol. The highest BCUT2D eigenvalue weighted by molar-refractivity contribution is 7.19. The van der Waals surface area contributed by atoms with Crippen molar-refractivity contribution in [1.82, 2.24) is 9.97 Å². The molecule has 0 spiro atoms. The first-order valence-corrected chi connectivity index (χ1v) is 5.76. The first-order chi connectivity index (χ1) is 7.16. The molecule has 2 heterocycles. The molecule has 3 rings (SSSR count). The van der Waals surface area contributed by atoms with E-state index in [1.54, 1.807) is 18.3 Å². The monoisotopic (exact) mass is 221 g/mol. The van der Waals surface area contributed by atoms with Crippen molar-refractivity contribution < 1.29 is 0 Å². The van der Waals surface area contributed by atoms with Gasteiger partial charge in [-0.05, 0) is 25.3 Å². The van der Waals surface area contributed by atoms with Crippen molar-refractivity contribution in [3.8, 4) is 0 Å². The van der Waals surface area contributed by atoms with E-state index in [1.807, 2.05) is 0 Å². The van der Waals surface area contributed by atoms with Gasteiger partial charge < -0.3 is 10.7 Å². The van der Waals surface area contributed by atoms with Crippen molar-refractivity contribution in [2.75, 3.05) is 0 Å². The summed E-state index contributed by atoms with van der Waals surface area (Å²) in [6.07, 6.45) is 1.86. The smallest absolute Gasteiger partial charge is 0.259 e. The summed E-state index contributed by atoms with van der Waals surface area (Å²) < 4.78 is 0. The van der Waals surface area contributed by atoms with Crippen LogP contribution in [0.3, 0.4) is 0 Å². The Hall–Kier alpha value is -1.20. The Morgan fingerprint density at radius 2 is 2.40 bits per heavy atom. The third-order valence-corrected chi connectivity index (χ3v) is 4.11. The Kier molecular flexibility index (Phi) is 1.75. The second kappa shape index (κ2) is 2.90. The van der Waals surface area contributed by atoms with Crippen LogP contribution in [0.15, 0.2) is 4.79 Å². The van der Waals surface area contributed by atoms with Gasteiger partial charge in [-0.3, -0.25) is 4.79 Å². The molecule has 0 saturated carbocycles. The van der Waals surface area contributed by atoms with Crippen LogP contribution >= 0.6 is 11.3 Å². The normalized spacial score (nSPS) is 19.7. The van der Waals surface area contributed by atoms with Gasteiger partial charge in [-0.15, -0.1) is 11.3 Å². The van der Waals surface area contributed by atoms with Crippen LogP contribution in [0.4, 0.5) is 0 Å². The molecule has 1 unspecified atom stereocenters. The van der Waals surface area contributed by atoms with Gasteiger partial charge in [0.15, 0.2) is 0 Å². The molecule has 15 heavy (non-hydrogen) atoms. The largest absolute Gasteiger partial charge is 0.323 e. The number of rotatable bonds is 0. The van der Waals surface area contributed by atoms with Gasteiger partial charge in [-0.1, -0.05) is 0 Å². The lowest BCUT2D eigenvalue weighted by molar-refractivity contribution is 0.721. The number of H-pyrrole nitrogens is 1. The molecule has 0 aliphatic heterocycles. The van der Waals surface area contributed by atoms with Gasteiger partial charge in [-0.25, -0.2) is 4.98 Å². The molecule has 4 nitrogen and oxygen atoms in total. The number of hydrogen-bond acceptors (Lipinski definition) is 4. The van der Waals surface area contributed by atoms with Gasteiger partial charge in [0, 0.05) is 10.9 Å². The van der Waals surface area contributed by atoms with E-state index in [9.17, 15) is 4.79 Å². The van der Waals surface area contributed by atoms with Crippen molar-refractivity contribution in [3.05, 3.63) is 26.6 Å². The van der Waals surface area contributed by atoms with Gasteiger partial charge in [0.1, 0.15) is 10.7 Å². The van der Waals surface area contributed by atoms with E-state index in [0.717, 1.165) is 33.5 Å². The van der Waals surface area contributed by atoms with Crippen molar-refractivity contribution >= 4 is 21.6 Å². The molecule has 0 amide bonds. The van der Waals surface area contributed by atoms with E-state index in [2.05, 4.69) is 9.97 Å². The number of aryl methyl sites for hydroxylation is 2. The lowest BCUT2D eigenvalue weighted by Crippen LogP contribution is -2.09. The lowest BCUT2D eigenvalue weighted by Gasteiger charge is -1.97. The molecule has 78 valence electrons. The third-order valence-electron chi connectivity index (χ3n) is 2.85. The predicted molar refractivity (Wildman–Crippen MR) is 60.2 cm³/mol. The average molecular weight is 221 g/mol. The van der Waals surface area contributed by atoms with Crippen LogP contribution < -0.4 is 11.3 Å². The SMILES string of the molecule is Cc1nc2sc3c(c2c(=O)[nH]1)CCC3N. The van der Waals surface area contributed by atoms with Gasteiger partial charge >= 0.3 is 0 Å². The molecule has 5 heteroatoms. The van der Waals surface area contributed by atoms with Crippen molar-refractivity contribution in [2.45, 2.75) is 25.8 Å². The van der Waals surface area contributed by atoms with E-state index in [4.69, 9.17) is 5.73 Å². The van der Waals surface area contributed by atoms with Gasteiger partial charge in [0.25, 0.3) is 5.56 Å². The molecule has 3 N–H and O–H groups in total. The Morgan fingerprint density at radius 1 is 1.60 bits per heavy atom. The molecule has 2 aromatic heterocycles. The van der Waals surface area contributed by atoms with E-state index < -0.39 is 0 Å². The summed E-state index contributed by atoms with van der Waals surface area (Å²) in [6, 6.07) is 0.0962. The lowest BCUT2D eigenvalue weighted by atomic mass is 10.2. The molecular formula is C10H11N3OS. The standard InChI is InChI=1S/C10H11N3OS/c1-4-12-9(14)7-5-2-3-6(11)8(5)15-10(7)13-4/h6H,2-3,11H2,1H3,(H,12,13,14). The molecule has 0 saturated heterocycles. The fraction of sp³-hybridized carbons (Fsp3) is 0.400. The summed E-state index contributed by atoms with van der Waals surface area (Å²) >= 11 is 1.57. The molecule has 0 fully saturated rings. The summed E-state index contributed by atoms with van der Waals surface area (Å²) in [5.41, 5.74) is 7.07. The Labute approximate surface area is 90.1 Å². The van der Waals surface area contributed by atoms with Crippen LogP contribution in [0.1, 0.15) is 28.7 Å². The van der Waals surface area contributed by atoms with Gasteiger partial charge in [0.05, 0.1) is 5.39 Å². The van der Waals surface area contributed by atoms with Crippen molar-refractivity contribution in [2.24, 2.45) is 5.73 Å². The second-order valence-electron chi connectivity index (χ2n) is 3.92. The van der Waals surface area contributed by atoms with Crippen LogP contribution in [0.5, 0.6) is 0 Å². The number of fused-ring (bicyclic) bond motifs is 3. The zero-order chi connectivity index (χ0) is 10.6. The Balaban J connectivity index is 2.45. The predicted octanol–water partition coefficient (Wildman–Crippen LogP) is 1.24. The van der Waals surface area contributed by atoms with Crippen molar-refractivity contribution in [3.63, 3.8) is 0 Å². The number of hydrogen-bond donors (Lipinski definition) is 2. The first-order valence-electron chi connectivity index (χ1n) is 4.94. The number of nitrogens with zero attached hydrogens (tertiary/aromatic N) is 1. The fourth-order valence-corrected chi connectivity index (χ4v) is 3.47. The summed E-state index contributed by atoms with van der Waals surface area (Å²) in [7, 11) is 0. The maximum absolute atomic E-state index is 11.8. The van der Waals surface area contributed by atoms with Crippen LogP contribution in [0.25, 0.3) is 10.2 Å². The molecule has 0 aromatic carbocycles. The van der Waals surface area contributed by atoms with E-state index in [0.29, 0.717) is 5.82 Å². The highest BCUT2D eigenvalue weighted by Crippen LogP contribution is 2.39. The summed E-state index contributed by atoms with van der Waals surface area (Å²) in [5, 5.41) is 0.758. The number of thiophene rings is 1. The summed E-state index contributed by atoms with van der Waals surface area (Å²) in [6.45, 7) is 1.80. The molecule has 1 atom stereocenters. The van der Waals surface area contributed by atoms with E-state index >= 15 is 0 Å². The Bertz CT molecular complexity index is 598. The van der Waals surface area contributed by atoms with Crippen LogP contribution in [-0.4, -0.2) is 9.97 Å². The number of aromatic amines is 1. The minimum absolute atomic E-state index is 0.0240. The minimum atomic E-state index is -0.0240. The van der Waals surface area contributed by atoms with Gasteiger partial charge in [-0.2, -0.15) is 0 Å². The average Bonchev–Trinajstić information content (AvgIpc) is 2.66. The minimum Gasteiger partial charge on any atom is -0.323 e. The van der Waals surface area contributed by atoms with Crippen LogP contribution in [0, 0.1) is 6.92 Å². The number of nitrogens with one attached hydrogen (secondary N) is 1. The summed E-state index contributed by atoms with van der Waals surface area (Å²) in [5.74, 6) is 0.668. The fourth-order valence-electron chi connectivity index (χ4n) is 2.17. The third kappa shape index (κ3) is 1.16. The maximum atomic E-state index is 11.8. The zero-order valence-electron chi connectivity index (χ0n) is 8.33. The molecule has 0 radical (unpaired) electrons. The quantitative estimate of drug-likeness (QED) is 0.703. The highest BCUT2D eigenvalue weighted by atomic mass is 32.1. The topological polar surface area (TPSA) is 71.8 Å². The maximum Gasteiger partial charge on any atom is 0.259 e. The molecule has 2 aromatic rings. The molecule has 1 aliphatic rings. The number of nitrogens with two attached hydrogens (primary N) is 1. The Morgan fingerprint density at radius 3 is 3.20 bits per heavy atom. The number of aromatic nitrogens is 2.